The number of hydrogen-bond donors (Lipinski definition) is 1. The number of hydrogen-bond acceptors (Lipinski definition) is 3. The highest BCUT2D eigenvalue weighted by Gasteiger charge is 2.39. The minimum atomic E-state index is -0.915. The molecule has 1 amide bonds. The van der Waals surface area contributed by atoms with Crippen molar-refractivity contribution < 1.29 is 14.6 Å². The van der Waals surface area contributed by atoms with Crippen molar-refractivity contribution in [2.24, 2.45) is 0 Å². The molecular weight excluding hydrogens is 326 g/mol. The Kier molecular flexibility index (Phi) is 4.23. The molecule has 1 atom stereocenters. The van der Waals surface area contributed by atoms with Crippen LogP contribution in [0.1, 0.15) is 43.7 Å². The van der Waals surface area contributed by atoms with Crippen LogP contribution in [-0.2, 0) is 4.74 Å². The first-order valence-corrected chi connectivity index (χ1v) is 9.31. The number of rotatable bonds is 3. The molecule has 4 rings (SSSR count). The van der Waals surface area contributed by atoms with Gasteiger partial charge in [0.1, 0.15) is 6.61 Å². The monoisotopic (exact) mass is 351 g/mol. The minimum absolute atomic E-state index is 0.0644. The number of ether oxygens (including phenoxy) is 1. The molecule has 0 radical (unpaired) electrons. The van der Waals surface area contributed by atoms with E-state index in [2.05, 4.69) is 24.3 Å². The molecule has 1 saturated heterocycles. The summed E-state index contributed by atoms with van der Waals surface area (Å²) in [5.41, 5.74) is 3.95. The number of amides is 1. The predicted octanol–water partition coefficient (Wildman–Crippen LogP) is 4.17. The van der Waals surface area contributed by atoms with Gasteiger partial charge in [-0.05, 0) is 48.9 Å². The Labute approximate surface area is 154 Å². The van der Waals surface area contributed by atoms with E-state index in [-0.39, 0.29) is 18.1 Å². The molecule has 136 valence electrons. The van der Waals surface area contributed by atoms with E-state index in [1.807, 2.05) is 24.3 Å². The highest BCUT2D eigenvalue weighted by atomic mass is 16.6. The van der Waals surface area contributed by atoms with E-state index in [1.165, 1.54) is 22.3 Å². The van der Waals surface area contributed by atoms with Crippen LogP contribution in [0, 0.1) is 0 Å². The molecule has 4 heteroatoms. The molecule has 0 aromatic heterocycles. The van der Waals surface area contributed by atoms with Crippen LogP contribution in [0.25, 0.3) is 11.1 Å². The Bertz CT molecular complexity index is 779. The summed E-state index contributed by atoms with van der Waals surface area (Å²) in [6.45, 7) is 4.48. The van der Waals surface area contributed by atoms with Gasteiger partial charge >= 0.3 is 6.09 Å². The zero-order valence-corrected chi connectivity index (χ0v) is 15.3. The lowest BCUT2D eigenvalue weighted by Gasteiger charge is -2.33. The van der Waals surface area contributed by atoms with Gasteiger partial charge in [-0.1, -0.05) is 48.5 Å². The first-order valence-electron chi connectivity index (χ1n) is 9.31. The molecule has 2 aliphatic rings. The Morgan fingerprint density at radius 1 is 1.12 bits per heavy atom. The summed E-state index contributed by atoms with van der Waals surface area (Å²) < 4.78 is 5.72. The molecular formula is C22H25NO3. The summed E-state index contributed by atoms with van der Waals surface area (Å²) in [5, 5.41) is 10.3. The Morgan fingerprint density at radius 2 is 1.69 bits per heavy atom. The van der Waals surface area contributed by atoms with Crippen molar-refractivity contribution in [3.63, 3.8) is 0 Å². The van der Waals surface area contributed by atoms with E-state index < -0.39 is 5.60 Å². The molecule has 1 fully saturated rings. The Morgan fingerprint density at radius 3 is 2.27 bits per heavy atom. The maximum atomic E-state index is 12.7. The summed E-state index contributed by atoms with van der Waals surface area (Å²) in [6.07, 6.45) is 1.39. The zero-order chi connectivity index (χ0) is 18.3. The Balaban J connectivity index is 1.52. The fourth-order valence-electron chi connectivity index (χ4n) is 4.40. The number of likely N-dealkylation sites (tertiary alicyclic amines) is 1. The van der Waals surface area contributed by atoms with E-state index >= 15 is 0 Å². The molecule has 1 N–H and O–H groups in total. The average Bonchev–Trinajstić information content (AvgIpc) is 3.23. The number of aliphatic hydroxyl groups is 1. The highest BCUT2D eigenvalue weighted by Crippen LogP contribution is 2.44. The summed E-state index contributed by atoms with van der Waals surface area (Å²) >= 11 is 0. The first kappa shape index (κ1) is 17.1. The van der Waals surface area contributed by atoms with E-state index in [1.54, 1.807) is 18.7 Å². The molecule has 0 bridgehead atoms. The number of fused-ring (bicyclic) bond motifs is 3. The van der Waals surface area contributed by atoms with Crippen molar-refractivity contribution in [1.82, 2.24) is 4.90 Å². The molecule has 1 aliphatic carbocycles. The lowest BCUT2D eigenvalue weighted by Crippen LogP contribution is -2.48. The quantitative estimate of drug-likeness (QED) is 0.903. The summed E-state index contributed by atoms with van der Waals surface area (Å²) in [4.78, 5) is 14.4. The van der Waals surface area contributed by atoms with Gasteiger partial charge in [-0.3, -0.25) is 0 Å². The third kappa shape index (κ3) is 2.88. The van der Waals surface area contributed by atoms with Gasteiger partial charge in [0.25, 0.3) is 0 Å². The van der Waals surface area contributed by atoms with Gasteiger partial charge in [0.15, 0.2) is 0 Å². The first-order chi connectivity index (χ1) is 12.5. The van der Waals surface area contributed by atoms with Crippen molar-refractivity contribution in [1.29, 1.82) is 0 Å². The fourth-order valence-corrected chi connectivity index (χ4v) is 4.40. The minimum Gasteiger partial charge on any atom is -0.448 e. The summed E-state index contributed by atoms with van der Waals surface area (Å²) in [7, 11) is 0. The largest absolute Gasteiger partial charge is 0.448 e. The Hall–Kier alpha value is -2.33. The highest BCUT2D eigenvalue weighted by molar-refractivity contribution is 5.79. The van der Waals surface area contributed by atoms with Crippen molar-refractivity contribution in [2.45, 2.75) is 44.2 Å². The van der Waals surface area contributed by atoms with E-state index in [0.717, 1.165) is 12.8 Å². The van der Waals surface area contributed by atoms with Gasteiger partial charge in [0.2, 0.25) is 0 Å². The second kappa shape index (κ2) is 6.44. The number of carbonyl (C=O) groups is 1. The van der Waals surface area contributed by atoms with Crippen LogP contribution >= 0.6 is 0 Å². The van der Waals surface area contributed by atoms with Crippen molar-refractivity contribution in [2.75, 3.05) is 13.2 Å². The molecule has 26 heavy (non-hydrogen) atoms. The van der Waals surface area contributed by atoms with Crippen LogP contribution in [0.15, 0.2) is 48.5 Å². The molecule has 2 aromatic carbocycles. The lowest BCUT2D eigenvalue weighted by atomic mass is 9.97. The molecule has 1 unspecified atom stereocenters. The zero-order valence-electron chi connectivity index (χ0n) is 15.3. The van der Waals surface area contributed by atoms with Crippen LogP contribution in [0.5, 0.6) is 0 Å². The van der Waals surface area contributed by atoms with Gasteiger partial charge in [0, 0.05) is 12.5 Å². The number of nitrogens with zero attached hydrogens (tertiary/aromatic N) is 1. The second-order valence-corrected chi connectivity index (χ2v) is 7.81. The van der Waals surface area contributed by atoms with Crippen LogP contribution < -0.4 is 0 Å². The average molecular weight is 351 g/mol. The summed E-state index contributed by atoms with van der Waals surface area (Å²) in [5.74, 6) is 0.0644. The van der Waals surface area contributed by atoms with Crippen LogP contribution in [0.2, 0.25) is 0 Å². The fraction of sp³-hybridized carbons (Fsp3) is 0.409. The van der Waals surface area contributed by atoms with Gasteiger partial charge in [0.05, 0.1) is 11.6 Å². The smallest absolute Gasteiger partial charge is 0.410 e. The summed E-state index contributed by atoms with van der Waals surface area (Å²) in [6, 6.07) is 16.4. The van der Waals surface area contributed by atoms with E-state index in [0.29, 0.717) is 13.2 Å². The SMILES string of the molecule is CC(C)(O)C1CCCN1C(=O)OCC1c2ccccc2-c2ccccc21. The maximum Gasteiger partial charge on any atom is 0.410 e. The van der Waals surface area contributed by atoms with E-state index in [4.69, 9.17) is 4.74 Å². The third-order valence-electron chi connectivity index (χ3n) is 5.64. The van der Waals surface area contributed by atoms with Crippen LogP contribution in [0.4, 0.5) is 4.79 Å². The molecule has 1 heterocycles. The molecule has 0 spiro atoms. The normalized spacial score (nSPS) is 19.3. The topological polar surface area (TPSA) is 49.8 Å². The van der Waals surface area contributed by atoms with Crippen molar-refractivity contribution in [3.8, 4) is 11.1 Å². The van der Waals surface area contributed by atoms with E-state index in [9.17, 15) is 9.90 Å². The van der Waals surface area contributed by atoms with Crippen molar-refractivity contribution >= 4 is 6.09 Å². The van der Waals surface area contributed by atoms with Crippen molar-refractivity contribution in [3.05, 3.63) is 59.7 Å². The third-order valence-corrected chi connectivity index (χ3v) is 5.64. The molecule has 1 aliphatic heterocycles. The van der Waals surface area contributed by atoms with Gasteiger partial charge < -0.3 is 14.7 Å². The van der Waals surface area contributed by atoms with Gasteiger partial charge in [-0.2, -0.15) is 0 Å². The lowest BCUT2D eigenvalue weighted by molar-refractivity contribution is -0.00474. The van der Waals surface area contributed by atoms with Gasteiger partial charge in [-0.15, -0.1) is 0 Å². The number of benzene rings is 2. The second-order valence-electron chi connectivity index (χ2n) is 7.81. The predicted molar refractivity (Wildman–Crippen MR) is 101 cm³/mol. The molecule has 0 saturated carbocycles. The maximum absolute atomic E-state index is 12.7. The molecule has 4 nitrogen and oxygen atoms in total. The van der Waals surface area contributed by atoms with Gasteiger partial charge in [-0.25, -0.2) is 4.79 Å². The van der Waals surface area contributed by atoms with Crippen LogP contribution in [-0.4, -0.2) is 40.9 Å². The number of carbonyl (C=O) groups excluding carboxylic acids is 1. The molecule has 2 aromatic rings. The standard InChI is InChI=1S/C22H25NO3/c1-22(2,25)20-12-7-13-23(20)21(24)26-14-19-17-10-5-3-8-15(17)16-9-4-6-11-18(16)19/h3-6,8-11,19-20,25H,7,12-14H2,1-2H3. The van der Waals surface area contributed by atoms with Crippen LogP contribution in [0.3, 0.4) is 0 Å².